The van der Waals surface area contributed by atoms with Crippen LogP contribution in [-0.2, 0) is 4.74 Å². The Kier molecular flexibility index (Phi) is 4.99. The van der Waals surface area contributed by atoms with Gasteiger partial charge in [0.1, 0.15) is 0 Å². The zero-order valence-electron chi connectivity index (χ0n) is 10.1. The minimum atomic E-state index is 0.340. The van der Waals surface area contributed by atoms with E-state index in [2.05, 4.69) is 33.8 Å². The SMILES string of the molecule is Cc1sc(C(CN)N2CCCOCC2)cc1Br. The van der Waals surface area contributed by atoms with E-state index in [1.807, 2.05) is 11.3 Å². The molecule has 1 atom stereocenters. The van der Waals surface area contributed by atoms with Crippen molar-refractivity contribution >= 4 is 27.3 Å². The summed E-state index contributed by atoms with van der Waals surface area (Å²) in [6, 6.07) is 2.55. The highest BCUT2D eigenvalue weighted by molar-refractivity contribution is 9.10. The fourth-order valence-electron chi connectivity index (χ4n) is 2.17. The van der Waals surface area contributed by atoms with Crippen molar-refractivity contribution in [3.8, 4) is 0 Å². The van der Waals surface area contributed by atoms with Gasteiger partial charge in [-0.15, -0.1) is 11.3 Å². The minimum absolute atomic E-state index is 0.340. The molecule has 1 aromatic rings. The van der Waals surface area contributed by atoms with Gasteiger partial charge in [-0.25, -0.2) is 0 Å². The van der Waals surface area contributed by atoms with Crippen molar-refractivity contribution in [1.82, 2.24) is 4.90 Å². The number of thiophene rings is 1. The number of ether oxygens (including phenoxy) is 1. The van der Waals surface area contributed by atoms with Crippen molar-refractivity contribution in [3.63, 3.8) is 0 Å². The van der Waals surface area contributed by atoms with Gasteiger partial charge in [-0.1, -0.05) is 0 Å². The Bertz CT molecular complexity index is 342. The van der Waals surface area contributed by atoms with E-state index in [1.54, 1.807) is 0 Å². The molecule has 2 heterocycles. The quantitative estimate of drug-likeness (QED) is 0.930. The molecule has 3 nitrogen and oxygen atoms in total. The summed E-state index contributed by atoms with van der Waals surface area (Å²) in [6.45, 7) is 6.57. The second kappa shape index (κ2) is 6.29. The van der Waals surface area contributed by atoms with Gasteiger partial charge in [0.25, 0.3) is 0 Å². The van der Waals surface area contributed by atoms with Crippen LogP contribution in [0.5, 0.6) is 0 Å². The first kappa shape index (κ1) is 13.5. The summed E-state index contributed by atoms with van der Waals surface area (Å²) in [5.41, 5.74) is 5.95. The van der Waals surface area contributed by atoms with Crippen LogP contribution in [0.1, 0.15) is 22.2 Å². The summed E-state index contributed by atoms with van der Waals surface area (Å²) in [5, 5.41) is 0. The molecule has 0 spiro atoms. The van der Waals surface area contributed by atoms with Crippen LogP contribution in [0.2, 0.25) is 0 Å². The van der Waals surface area contributed by atoms with Gasteiger partial charge in [0.15, 0.2) is 0 Å². The summed E-state index contributed by atoms with van der Waals surface area (Å²) in [4.78, 5) is 5.13. The van der Waals surface area contributed by atoms with Gasteiger partial charge < -0.3 is 10.5 Å². The Morgan fingerprint density at radius 3 is 3.00 bits per heavy atom. The maximum absolute atomic E-state index is 5.95. The number of nitrogens with zero attached hydrogens (tertiary/aromatic N) is 1. The maximum Gasteiger partial charge on any atom is 0.0593 e. The molecule has 1 aromatic heterocycles. The average Bonchev–Trinajstić information content (AvgIpc) is 2.56. The molecule has 0 aliphatic carbocycles. The molecule has 1 saturated heterocycles. The van der Waals surface area contributed by atoms with Gasteiger partial charge in [-0.3, -0.25) is 4.90 Å². The summed E-state index contributed by atoms with van der Waals surface area (Å²) in [6.07, 6.45) is 1.10. The molecule has 1 aliphatic rings. The number of nitrogens with two attached hydrogens (primary N) is 1. The topological polar surface area (TPSA) is 38.5 Å². The number of halogens is 1. The third-order valence-electron chi connectivity index (χ3n) is 3.13. The van der Waals surface area contributed by atoms with Crippen LogP contribution in [0.4, 0.5) is 0 Å². The minimum Gasteiger partial charge on any atom is -0.380 e. The smallest absolute Gasteiger partial charge is 0.0593 e. The van der Waals surface area contributed by atoms with Crippen molar-refractivity contribution in [2.45, 2.75) is 19.4 Å². The van der Waals surface area contributed by atoms with Crippen LogP contribution in [0.3, 0.4) is 0 Å². The maximum atomic E-state index is 5.95. The molecule has 0 radical (unpaired) electrons. The van der Waals surface area contributed by atoms with Crippen LogP contribution < -0.4 is 5.73 Å². The Morgan fingerprint density at radius 1 is 1.53 bits per heavy atom. The third kappa shape index (κ3) is 3.29. The second-order valence-electron chi connectivity index (χ2n) is 4.31. The zero-order chi connectivity index (χ0) is 12.3. The molecular weight excluding hydrogens is 300 g/mol. The number of hydrogen-bond acceptors (Lipinski definition) is 4. The van der Waals surface area contributed by atoms with Crippen molar-refractivity contribution < 1.29 is 4.74 Å². The lowest BCUT2D eigenvalue weighted by molar-refractivity contribution is 0.133. The predicted octanol–water partition coefficient (Wildman–Crippen LogP) is 2.54. The van der Waals surface area contributed by atoms with Gasteiger partial charge in [-0.2, -0.15) is 0 Å². The van der Waals surface area contributed by atoms with E-state index in [1.165, 1.54) is 14.2 Å². The summed E-state index contributed by atoms with van der Waals surface area (Å²) < 4.78 is 6.69. The summed E-state index contributed by atoms with van der Waals surface area (Å²) in [5.74, 6) is 0. The number of aryl methyl sites for hydroxylation is 1. The van der Waals surface area contributed by atoms with Crippen LogP contribution in [0, 0.1) is 6.92 Å². The highest BCUT2D eigenvalue weighted by Crippen LogP contribution is 2.33. The lowest BCUT2D eigenvalue weighted by Crippen LogP contribution is -2.35. The molecule has 0 saturated carbocycles. The Hall–Kier alpha value is 0.0600. The summed E-state index contributed by atoms with van der Waals surface area (Å²) in [7, 11) is 0. The fourth-order valence-corrected chi connectivity index (χ4v) is 3.88. The monoisotopic (exact) mass is 318 g/mol. The molecule has 0 bridgehead atoms. The molecule has 96 valence electrons. The van der Waals surface area contributed by atoms with E-state index >= 15 is 0 Å². The van der Waals surface area contributed by atoms with Crippen molar-refractivity contribution in [1.29, 1.82) is 0 Å². The molecule has 5 heteroatoms. The Balaban J connectivity index is 2.13. The predicted molar refractivity (Wildman–Crippen MR) is 75.6 cm³/mol. The summed E-state index contributed by atoms with van der Waals surface area (Å²) >= 11 is 5.42. The molecule has 0 amide bonds. The van der Waals surface area contributed by atoms with Gasteiger partial charge in [-0.05, 0) is 35.3 Å². The lowest BCUT2D eigenvalue weighted by Gasteiger charge is -2.28. The van der Waals surface area contributed by atoms with Gasteiger partial charge >= 0.3 is 0 Å². The average molecular weight is 319 g/mol. The highest BCUT2D eigenvalue weighted by Gasteiger charge is 2.22. The van der Waals surface area contributed by atoms with Gasteiger partial charge in [0.2, 0.25) is 0 Å². The van der Waals surface area contributed by atoms with Crippen LogP contribution >= 0.6 is 27.3 Å². The first-order valence-electron chi connectivity index (χ1n) is 6.00. The van der Waals surface area contributed by atoms with E-state index in [9.17, 15) is 0 Å². The van der Waals surface area contributed by atoms with Crippen LogP contribution in [0.25, 0.3) is 0 Å². The highest BCUT2D eigenvalue weighted by atomic mass is 79.9. The largest absolute Gasteiger partial charge is 0.380 e. The second-order valence-corrected chi connectivity index (χ2v) is 6.45. The van der Waals surface area contributed by atoms with Crippen LogP contribution in [0.15, 0.2) is 10.5 Å². The van der Waals surface area contributed by atoms with E-state index in [0.717, 1.165) is 32.7 Å². The molecule has 2 N–H and O–H groups in total. The zero-order valence-corrected chi connectivity index (χ0v) is 12.5. The standard InChI is InChI=1S/C12H19BrN2OS/c1-9-10(13)7-12(17-9)11(8-14)15-3-2-5-16-6-4-15/h7,11H,2-6,8,14H2,1H3. The fraction of sp³-hybridized carbons (Fsp3) is 0.667. The number of hydrogen-bond donors (Lipinski definition) is 1. The number of rotatable bonds is 3. The molecular formula is C12H19BrN2OS. The van der Waals surface area contributed by atoms with Gasteiger partial charge in [0.05, 0.1) is 12.6 Å². The Labute approximate surface area is 115 Å². The van der Waals surface area contributed by atoms with E-state index < -0.39 is 0 Å². The molecule has 1 fully saturated rings. The van der Waals surface area contributed by atoms with Crippen molar-refractivity contribution in [2.24, 2.45) is 5.73 Å². The van der Waals surface area contributed by atoms with Crippen LogP contribution in [-0.4, -0.2) is 37.7 Å². The van der Waals surface area contributed by atoms with Gasteiger partial charge in [0, 0.05) is 40.5 Å². The van der Waals surface area contributed by atoms with E-state index in [0.29, 0.717) is 12.6 Å². The molecule has 17 heavy (non-hydrogen) atoms. The van der Waals surface area contributed by atoms with E-state index in [4.69, 9.17) is 10.5 Å². The normalized spacial score (nSPS) is 20.2. The van der Waals surface area contributed by atoms with E-state index in [-0.39, 0.29) is 0 Å². The van der Waals surface area contributed by atoms with Crippen molar-refractivity contribution in [3.05, 3.63) is 20.3 Å². The third-order valence-corrected chi connectivity index (χ3v) is 5.36. The first-order chi connectivity index (χ1) is 8.22. The lowest BCUT2D eigenvalue weighted by atomic mass is 10.2. The first-order valence-corrected chi connectivity index (χ1v) is 7.61. The molecule has 1 aliphatic heterocycles. The molecule has 2 rings (SSSR count). The van der Waals surface area contributed by atoms with Crippen molar-refractivity contribution in [2.75, 3.05) is 32.8 Å². The Morgan fingerprint density at radius 2 is 2.35 bits per heavy atom. The molecule has 1 unspecified atom stereocenters. The molecule has 0 aromatic carbocycles.